The van der Waals surface area contributed by atoms with Crippen LogP contribution >= 0.6 is 11.6 Å². The summed E-state index contributed by atoms with van der Waals surface area (Å²) >= 11 is 6.10. The van der Waals surface area contributed by atoms with E-state index in [1.54, 1.807) is 16.8 Å². The van der Waals surface area contributed by atoms with Crippen molar-refractivity contribution in [2.75, 3.05) is 0 Å². The first kappa shape index (κ1) is 20.1. The fraction of sp³-hybridized carbons (Fsp3) is 0.160. The van der Waals surface area contributed by atoms with E-state index in [0.717, 1.165) is 16.8 Å². The first-order valence-electron chi connectivity index (χ1n) is 10.3. The predicted molar refractivity (Wildman–Crippen MR) is 121 cm³/mol. The Bertz CT molecular complexity index is 1310. The van der Waals surface area contributed by atoms with Gasteiger partial charge >= 0.3 is 0 Å². The maximum Gasteiger partial charge on any atom is 0.205 e. The third-order valence-corrected chi connectivity index (χ3v) is 6.05. The zero-order valence-corrected chi connectivity index (χ0v) is 17.8. The van der Waals surface area contributed by atoms with Crippen molar-refractivity contribution in [3.63, 3.8) is 0 Å². The van der Waals surface area contributed by atoms with Gasteiger partial charge in [-0.15, -0.1) is 0 Å². The Kier molecular flexibility index (Phi) is 5.04. The normalized spacial score (nSPS) is 18.2. The van der Waals surface area contributed by atoms with Crippen LogP contribution in [0, 0.1) is 11.3 Å². The number of ketones is 1. The van der Waals surface area contributed by atoms with Crippen molar-refractivity contribution in [2.24, 2.45) is 5.73 Å². The zero-order valence-electron chi connectivity index (χ0n) is 17.1. The molecule has 3 aromatic rings. The summed E-state index contributed by atoms with van der Waals surface area (Å²) in [5, 5.41) is 15.4. The fourth-order valence-corrected chi connectivity index (χ4v) is 4.44. The first-order chi connectivity index (χ1) is 15.6. The summed E-state index contributed by atoms with van der Waals surface area (Å²) in [6, 6.07) is 19.2. The lowest BCUT2D eigenvalue weighted by Gasteiger charge is -2.30. The van der Waals surface area contributed by atoms with Gasteiger partial charge in [-0.05, 0) is 30.7 Å². The highest BCUT2D eigenvalue weighted by molar-refractivity contribution is 6.30. The van der Waals surface area contributed by atoms with E-state index in [2.05, 4.69) is 6.07 Å². The number of rotatable bonds is 3. The number of ether oxygens (including phenoxy) is 1. The van der Waals surface area contributed by atoms with Crippen LogP contribution in [0.1, 0.15) is 30.7 Å². The van der Waals surface area contributed by atoms with E-state index in [4.69, 9.17) is 27.2 Å². The van der Waals surface area contributed by atoms with Gasteiger partial charge in [0.2, 0.25) is 5.88 Å². The minimum absolute atomic E-state index is 0.0222. The minimum atomic E-state index is -0.639. The minimum Gasteiger partial charge on any atom is -0.444 e. The SMILES string of the molecule is N#CC1=C(N)OC2=C(C(=O)CCC2)C1c1cn(-c2ccccc2)nc1-c1ccc(Cl)cc1. The first-order valence-corrected chi connectivity index (χ1v) is 10.7. The average molecular weight is 443 g/mol. The van der Waals surface area contributed by atoms with E-state index in [1.165, 1.54) is 0 Å². The van der Waals surface area contributed by atoms with E-state index in [9.17, 15) is 10.1 Å². The number of hydrogen-bond donors (Lipinski definition) is 1. The van der Waals surface area contributed by atoms with Gasteiger partial charge in [-0.1, -0.05) is 41.9 Å². The molecule has 0 amide bonds. The number of nitrogens with zero attached hydrogens (tertiary/aromatic N) is 3. The molecule has 0 bridgehead atoms. The van der Waals surface area contributed by atoms with Crippen molar-refractivity contribution in [1.29, 1.82) is 5.26 Å². The number of allylic oxidation sites excluding steroid dienone is 3. The molecule has 0 radical (unpaired) electrons. The van der Waals surface area contributed by atoms with Crippen molar-refractivity contribution < 1.29 is 9.53 Å². The zero-order chi connectivity index (χ0) is 22.2. The molecule has 2 aliphatic rings. The van der Waals surface area contributed by atoms with Gasteiger partial charge in [0.15, 0.2) is 5.78 Å². The van der Waals surface area contributed by atoms with Crippen molar-refractivity contribution in [1.82, 2.24) is 9.78 Å². The van der Waals surface area contributed by atoms with Gasteiger partial charge in [0.05, 0.1) is 17.3 Å². The number of aromatic nitrogens is 2. The monoisotopic (exact) mass is 442 g/mol. The molecule has 1 aromatic heterocycles. The standard InChI is InChI=1S/C25H19ClN4O2/c26-16-11-9-15(10-12-16)24-19(14-30(29-24)17-5-2-1-3-6-17)22-18(13-27)25(28)32-21-8-4-7-20(31)23(21)22/h1-3,5-6,9-12,14,22H,4,7-8,28H2. The van der Waals surface area contributed by atoms with Gasteiger partial charge in [-0.2, -0.15) is 10.4 Å². The highest BCUT2D eigenvalue weighted by Crippen LogP contribution is 2.46. The quantitative estimate of drug-likeness (QED) is 0.615. The van der Waals surface area contributed by atoms with Crippen LogP contribution in [0.5, 0.6) is 0 Å². The molecule has 5 rings (SSSR count). The topological polar surface area (TPSA) is 93.9 Å². The Hall–Kier alpha value is -3.82. The Morgan fingerprint density at radius 1 is 1.12 bits per heavy atom. The summed E-state index contributed by atoms with van der Waals surface area (Å²) in [6.45, 7) is 0. The number of hydrogen-bond acceptors (Lipinski definition) is 5. The number of para-hydroxylation sites is 1. The summed E-state index contributed by atoms with van der Waals surface area (Å²) in [4.78, 5) is 13.0. The molecule has 1 atom stereocenters. The predicted octanol–water partition coefficient (Wildman–Crippen LogP) is 5.01. The van der Waals surface area contributed by atoms with Gasteiger partial charge in [0.1, 0.15) is 17.4 Å². The van der Waals surface area contributed by atoms with E-state index in [1.807, 2.05) is 48.7 Å². The summed E-state index contributed by atoms with van der Waals surface area (Å²) < 4.78 is 7.48. The lowest BCUT2D eigenvalue weighted by molar-refractivity contribution is -0.116. The van der Waals surface area contributed by atoms with Gasteiger partial charge < -0.3 is 10.5 Å². The number of Topliss-reactive ketones (excluding diaryl/α,β-unsaturated/α-hetero) is 1. The van der Waals surface area contributed by atoms with Crippen LogP contribution in [-0.2, 0) is 9.53 Å². The van der Waals surface area contributed by atoms with Crippen molar-refractivity contribution >= 4 is 17.4 Å². The molecule has 0 spiro atoms. The van der Waals surface area contributed by atoms with E-state index >= 15 is 0 Å². The van der Waals surface area contributed by atoms with Crippen LogP contribution in [0.2, 0.25) is 5.02 Å². The molecule has 0 fully saturated rings. The number of carbonyl (C=O) groups excluding carboxylic acids is 1. The Morgan fingerprint density at radius 3 is 2.59 bits per heavy atom. The molecule has 1 aliphatic heterocycles. The van der Waals surface area contributed by atoms with Crippen LogP contribution < -0.4 is 5.73 Å². The maximum absolute atomic E-state index is 13.0. The Labute approximate surface area is 190 Å². The van der Waals surface area contributed by atoms with Gasteiger partial charge in [-0.25, -0.2) is 4.68 Å². The summed E-state index contributed by atoms with van der Waals surface area (Å²) in [6.07, 6.45) is 3.60. The average Bonchev–Trinajstić information content (AvgIpc) is 3.24. The number of nitrogens with two attached hydrogens (primary N) is 1. The van der Waals surface area contributed by atoms with Gasteiger partial charge in [0, 0.05) is 40.8 Å². The molecule has 2 aromatic carbocycles. The molecular formula is C25H19ClN4O2. The van der Waals surface area contributed by atoms with E-state index < -0.39 is 5.92 Å². The molecule has 7 heteroatoms. The summed E-state index contributed by atoms with van der Waals surface area (Å²) in [5.41, 5.74) is 9.94. The number of nitriles is 1. The van der Waals surface area contributed by atoms with Crippen molar-refractivity contribution in [3.05, 3.63) is 94.2 Å². The highest BCUT2D eigenvalue weighted by atomic mass is 35.5. The van der Waals surface area contributed by atoms with Crippen LogP contribution in [0.25, 0.3) is 16.9 Å². The number of halogens is 1. The lowest BCUT2D eigenvalue weighted by atomic mass is 9.77. The Balaban J connectivity index is 1.77. The smallest absolute Gasteiger partial charge is 0.205 e. The van der Waals surface area contributed by atoms with Crippen LogP contribution in [0.3, 0.4) is 0 Å². The van der Waals surface area contributed by atoms with Crippen molar-refractivity contribution in [3.8, 4) is 23.0 Å². The second-order valence-corrected chi connectivity index (χ2v) is 8.19. The molecule has 6 nitrogen and oxygen atoms in total. The molecule has 32 heavy (non-hydrogen) atoms. The van der Waals surface area contributed by atoms with Crippen LogP contribution in [-0.4, -0.2) is 15.6 Å². The summed E-state index contributed by atoms with van der Waals surface area (Å²) in [7, 11) is 0. The number of carbonyl (C=O) groups is 1. The van der Waals surface area contributed by atoms with Crippen LogP contribution in [0.4, 0.5) is 0 Å². The molecule has 0 saturated heterocycles. The Morgan fingerprint density at radius 2 is 1.88 bits per heavy atom. The van der Waals surface area contributed by atoms with E-state index in [-0.39, 0.29) is 17.2 Å². The van der Waals surface area contributed by atoms with Crippen molar-refractivity contribution in [2.45, 2.75) is 25.2 Å². The highest BCUT2D eigenvalue weighted by Gasteiger charge is 2.40. The molecule has 1 aliphatic carbocycles. The largest absolute Gasteiger partial charge is 0.444 e. The maximum atomic E-state index is 13.0. The second-order valence-electron chi connectivity index (χ2n) is 7.76. The number of benzene rings is 2. The van der Waals surface area contributed by atoms with Gasteiger partial charge in [0.25, 0.3) is 0 Å². The molecular weight excluding hydrogens is 424 g/mol. The fourth-order valence-electron chi connectivity index (χ4n) is 4.31. The molecule has 1 unspecified atom stereocenters. The molecule has 0 saturated carbocycles. The lowest BCUT2D eigenvalue weighted by Crippen LogP contribution is -2.27. The summed E-state index contributed by atoms with van der Waals surface area (Å²) in [5.74, 6) is -0.0663. The molecule has 2 N–H and O–H groups in total. The van der Waals surface area contributed by atoms with Gasteiger partial charge in [-0.3, -0.25) is 4.79 Å². The molecule has 2 heterocycles. The van der Waals surface area contributed by atoms with Crippen LogP contribution in [0.15, 0.2) is 83.6 Å². The third kappa shape index (κ3) is 3.37. The van der Waals surface area contributed by atoms with E-state index in [0.29, 0.717) is 41.3 Å². The molecule has 158 valence electrons. The second kappa shape index (κ2) is 8.03. The third-order valence-electron chi connectivity index (χ3n) is 5.80.